The van der Waals surface area contributed by atoms with Crippen LogP contribution in [0.15, 0.2) is 78.0 Å². The predicted molar refractivity (Wildman–Crippen MR) is 138 cm³/mol. The maximum atomic E-state index is 12.8. The first-order chi connectivity index (χ1) is 16.7. The molecule has 168 valence electrons. The molecular formula is C28H24N4OS. The molecule has 0 atom stereocenters. The molecule has 1 aliphatic rings. The van der Waals surface area contributed by atoms with Gasteiger partial charge in [0.2, 0.25) is 5.91 Å². The second kappa shape index (κ2) is 8.61. The summed E-state index contributed by atoms with van der Waals surface area (Å²) < 4.78 is 1.98. The number of rotatable bonds is 6. The van der Waals surface area contributed by atoms with Crippen molar-refractivity contribution in [2.75, 3.05) is 11.1 Å². The number of carbonyl (C=O) groups is 1. The van der Waals surface area contributed by atoms with Crippen LogP contribution in [0.5, 0.6) is 0 Å². The Morgan fingerprint density at radius 3 is 2.59 bits per heavy atom. The normalized spacial score (nSPS) is 12.5. The fraction of sp³-hybridized carbons (Fsp3) is 0.179. The third-order valence-electron chi connectivity index (χ3n) is 6.64. The molecule has 5 nitrogen and oxygen atoms in total. The van der Waals surface area contributed by atoms with Crippen molar-refractivity contribution in [3.05, 3.63) is 95.3 Å². The Morgan fingerprint density at radius 1 is 0.912 bits per heavy atom. The van der Waals surface area contributed by atoms with Crippen molar-refractivity contribution in [2.24, 2.45) is 7.05 Å². The van der Waals surface area contributed by atoms with Crippen LogP contribution in [-0.2, 0) is 31.1 Å². The molecule has 0 aliphatic heterocycles. The van der Waals surface area contributed by atoms with Gasteiger partial charge in [0.05, 0.1) is 5.75 Å². The van der Waals surface area contributed by atoms with Gasteiger partial charge in [-0.05, 0) is 51.8 Å². The van der Waals surface area contributed by atoms with E-state index in [1.807, 2.05) is 17.7 Å². The summed E-state index contributed by atoms with van der Waals surface area (Å²) in [5.74, 6) is 1.12. The van der Waals surface area contributed by atoms with Gasteiger partial charge in [-0.3, -0.25) is 4.79 Å². The number of anilines is 1. The fourth-order valence-corrected chi connectivity index (χ4v) is 5.64. The number of nitrogens with one attached hydrogen (secondary N) is 1. The zero-order chi connectivity index (χ0) is 23.1. The first-order valence-electron chi connectivity index (χ1n) is 11.5. The molecule has 1 aromatic heterocycles. The Labute approximate surface area is 202 Å². The lowest BCUT2D eigenvalue weighted by Crippen LogP contribution is -2.15. The van der Waals surface area contributed by atoms with Gasteiger partial charge in [-0.2, -0.15) is 0 Å². The summed E-state index contributed by atoms with van der Waals surface area (Å²) in [5, 5.41) is 17.5. The second-order valence-corrected chi connectivity index (χ2v) is 9.66. The highest BCUT2D eigenvalue weighted by molar-refractivity contribution is 7.99. The average molecular weight is 465 g/mol. The summed E-state index contributed by atoms with van der Waals surface area (Å²) in [6.45, 7) is 0. The highest BCUT2D eigenvalue weighted by atomic mass is 32.2. The molecule has 6 heteroatoms. The molecule has 1 amide bonds. The predicted octanol–water partition coefficient (Wildman–Crippen LogP) is 5.54. The number of hydrogen-bond acceptors (Lipinski definition) is 4. The molecule has 0 saturated heterocycles. The van der Waals surface area contributed by atoms with Gasteiger partial charge in [-0.25, -0.2) is 0 Å². The van der Waals surface area contributed by atoms with Gasteiger partial charge >= 0.3 is 0 Å². The molecule has 6 rings (SSSR count). The van der Waals surface area contributed by atoms with E-state index in [0.29, 0.717) is 6.42 Å². The second-order valence-electron chi connectivity index (χ2n) is 8.72. The standard InChI is InChI=1S/C28H24N4OS/c1-32-25(16-21-9-4-7-18-6-2-3-10-22(18)21)30-31-28(32)34-17-26(33)29-24-15-14-20-13-12-19-8-5-11-23(24)27(19)20/h2-11,14-15H,12-13,16-17H2,1H3,(H,29,33). The van der Waals surface area contributed by atoms with E-state index < -0.39 is 0 Å². The van der Waals surface area contributed by atoms with Crippen molar-refractivity contribution in [3.8, 4) is 0 Å². The van der Waals surface area contributed by atoms with E-state index in [1.165, 1.54) is 44.6 Å². The molecule has 0 radical (unpaired) electrons. The summed E-state index contributed by atoms with van der Waals surface area (Å²) in [6, 6.07) is 25.2. The van der Waals surface area contributed by atoms with E-state index in [-0.39, 0.29) is 11.7 Å². The molecule has 4 aromatic carbocycles. The van der Waals surface area contributed by atoms with Gasteiger partial charge in [0.25, 0.3) is 0 Å². The number of aryl methyl sites for hydroxylation is 2. The van der Waals surface area contributed by atoms with Crippen LogP contribution in [0.3, 0.4) is 0 Å². The molecular weight excluding hydrogens is 440 g/mol. The van der Waals surface area contributed by atoms with Crippen LogP contribution in [0.1, 0.15) is 22.5 Å². The number of benzene rings is 4. The maximum Gasteiger partial charge on any atom is 0.234 e. The van der Waals surface area contributed by atoms with Crippen LogP contribution in [-0.4, -0.2) is 26.4 Å². The summed E-state index contributed by atoms with van der Waals surface area (Å²) in [5.41, 5.74) is 4.84. The van der Waals surface area contributed by atoms with E-state index in [1.54, 1.807) is 0 Å². The summed E-state index contributed by atoms with van der Waals surface area (Å²) in [4.78, 5) is 12.8. The van der Waals surface area contributed by atoms with Crippen LogP contribution in [0.4, 0.5) is 5.69 Å². The third kappa shape index (κ3) is 3.74. The lowest BCUT2D eigenvalue weighted by molar-refractivity contribution is -0.113. The van der Waals surface area contributed by atoms with E-state index in [2.05, 4.69) is 82.2 Å². The summed E-state index contributed by atoms with van der Waals surface area (Å²) in [6.07, 6.45) is 2.85. The third-order valence-corrected chi connectivity index (χ3v) is 7.66. The zero-order valence-corrected chi connectivity index (χ0v) is 19.7. The Morgan fingerprint density at radius 2 is 1.68 bits per heavy atom. The van der Waals surface area contributed by atoms with Crippen molar-refractivity contribution in [2.45, 2.75) is 24.4 Å². The molecule has 34 heavy (non-hydrogen) atoms. The number of thioether (sulfide) groups is 1. The molecule has 1 aliphatic carbocycles. The molecule has 1 heterocycles. The number of carbonyl (C=O) groups excluding carboxylic acids is 1. The number of aromatic nitrogens is 3. The Bertz CT molecular complexity index is 1540. The quantitative estimate of drug-likeness (QED) is 0.335. The minimum Gasteiger partial charge on any atom is -0.325 e. The van der Waals surface area contributed by atoms with Crippen molar-refractivity contribution in [1.29, 1.82) is 0 Å². The lowest BCUT2D eigenvalue weighted by atomic mass is 10.0. The molecule has 0 bridgehead atoms. The summed E-state index contributed by atoms with van der Waals surface area (Å²) >= 11 is 1.41. The molecule has 5 aromatic rings. The first-order valence-corrected chi connectivity index (χ1v) is 12.5. The van der Waals surface area contributed by atoms with Gasteiger partial charge < -0.3 is 9.88 Å². The Kier molecular flexibility index (Phi) is 5.30. The van der Waals surface area contributed by atoms with E-state index in [4.69, 9.17) is 0 Å². The van der Waals surface area contributed by atoms with Crippen LogP contribution < -0.4 is 5.32 Å². The van der Waals surface area contributed by atoms with E-state index in [9.17, 15) is 4.79 Å². The summed E-state index contributed by atoms with van der Waals surface area (Å²) in [7, 11) is 1.96. The van der Waals surface area contributed by atoms with E-state index >= 15 is 0 Å². The van der Waals surface area contributed by atoms with Gasteiger partial charge in [-0.15, -0.1) is 10.2 Å². The highest BCUT2D eigenvalue weighted by Crippen LogP contribution is 2.35. The van der Waals surface area contributed by atoms with Gasteiger partial charge in [0.1, 0.15) is 5.82 Å². The van der Waals surface area contributed by atoms with Gasteiger partial charge in [0.15, 0.2) is 5.16 Å². The smallest absolute Gasteiger partial charge is 0.234 e. The largest absolute Gasteiger partial charge is 0.325 e. The topological polar surface area (TPSA) is 59.8 Å². The van der Waals surface area contributed by atoms with Crippen LogP contribution in [0.2, 0.25) is 0 Å². The van der Waals surface area contributed by atoms with Crippen molar-refractivity contribution in [1.82, 2.24) is 14.8 Å². The van der Waals surface area contributed by atoms with Crippen molar-refractivity contribution < 1.29 is 4.79 Å². The number of amides is 1. The molecule has 0 fully saturated rings. The average Bonchev–Trinajstić information content (AvgIpc) is 3.44. The van der Waals surface area contributed by atoms with Gasteiger partial charge in [0, 0.05) is 24.5 Å². The molecule has 0 spiro atoms. The van der Waals surface area contributed by atoms with Crippen molar-refractivity contribution >= 4 is 44.9 Å². The Hall–Kier alpha value is -3.64. The molecule has 0 unspecified atom stereocenters. The minimum absolute atomic E-state index is 0.0395. The molecule has 1 N–H and O–H groups in total. The fourth-order valence-electron chi connectivity index (χ4n) is 4.91. The first kappa shape index (κ1) is 20.9. The zero-order valence-electron chi connectivity index (χ0n) is 18.9. The highest BCUT2D eigenvalue weighted by Gasteiger charge is 2.17. The van der Waals surface area contributed by atoms with E-state index in [0.717, 1.165) is 34.9 Å². The van der Waals surface area contributed by atoms with Crippen LogP contribution in [0, 0.1) is 0 Å². The Balaban J connectivity index is 1.15. The van der Waals surface area contributed by atoms with Crippen molar-refractivity contribution in [3.63, 3.8) is 0 Å². The maximum absolute atomic E-state index is 12.8. The SMILES string of the molecule is Cn1c(Cc2cccc3ccccc23)nnc1SCC(=O)Nc1ccc2c3c(cccc13)CC2. The van der Waals surface area contributed by atoms with Crippen LogP contribution >= 0.6 is 11.8 Å². The van der Waals surface area contributed by atoms with Crippen LogP contribution in [0.25, 0.3) is 21.5 Å². The number of nitrogens with zero attached hydrogens (tertiary/aromatic N) is 3. The lowest BCUT2D eigenvalue weighted by Gasteiger charge is -2.10. The van der Waals surface area contributed by atoms with Gasteiger partial charge in [-0.1, -0.05) is 78.5 Å². The monoisotopic (exact) mass is 464 g/mol. The number of fused-ring (bicyclic) bond motifs is 1. The molecule has 0 saturated carbocycles. The number of hydrogen-bond donors (Lipinski definition) is 1. The minimum atomic E-state index is -0.0395.